The second-order valence-corrected chi connectivity index (χ2v) is 10.2. The Morgan fingerprint density at radius 2 is 1.85 bits per heavy atom. The van der Waals surface area contributed by atoms with Gasteiger partial charge in [0.25, 0.3) is 0 Å². The van der Waals surface area contributed by atoms with E-state index in [0.29, 0.717) is 38.6 Å². The van der Waals surface area contributed by atoms with Crippen LogP contribution < -0.4 is 20.3 Å². The first-order chi connectivity index (χ1) is 18.8. The fourth-order valence-electron chi connectivity index (χ4n) is 4.55. The Bertz CT molecular complexity index is 1500. The number of halogens is 2. The highest BCUT2D eigenvalue weighted by Crippen LogP contribution is 2.36. The van der Waals surface area contributed by atoms with Gasteiger partial charge in [-0.3, -0.25) is 14.9 Å². The van der Waals surface area contributed by atoms with Gasteiger partial charge in [-0.1, -0.05) is 29.8 Å². The number of aromatic amines is 1. The number of pyridine rings is 1. The maximum atomic E-state index is 12.3. The van der Waals surface area contributed by atoms with Gasteiger partial charge in [0.15, 0.2) is 5.82 Å². The number of rotatable bonds is 8. The Kier molecular flexibility index (Phi) is 7.92. The van der Waals surface area contributed by atoms with Crippen LogP contribution in [0.2, 0.25) is 10.0 Å². The molecule has 0 spiro atoms. The number of aromatic nitrogens is 3. The maximum Gasteiger partial charge on any atom is 0.247 e. The Morgan fingerprint density at radius 3 is 2.56 bits per heavy atom. The van der Waals surface area contributed by atoms with E-state index in [2.05, 4.69) is 49.2 Å². The molecule has 2 aromatic carbocycles. The van der Waals surface area contributed by atoms with E-state index >= 15 is 0 Å². The molecular weight excluding hydrogens is 537 g/mol. The summed E-state index contributed by atoms with van der Waals surface area (Å²) in [5, 5.41) is 15.5. The Hall–Kier alpha value is -3.79. The van der Waals surface area contributed by atoms with Gasteiger partial charge in [-0.25, -0.2) is 0 Å². The number of hydrogen-bond acceptors (Lipinski definition) is 7. The van der Waals surface area contributed by atoms with Crippen molar-refractivity contribution in [2.45, 2.75) is 13.0 Å². The lowest BCUT2D eigenvalue weighted by Crippen LogP contribution is -2.44. The summed E-state index contributed by atoms with van der Waals surface area (Å²) in [5.74, 6) is 0.914. The number of amides is 1. The van der Waals surface area contributed by atoms with Crippen molar-refractivity contribution in [1.29, 1.82) is 0 Å². The van der Waals surface area contributed by atoms with E-state index in [1.54, 1.807) is 12.4 Å². The van der Waals surface area contributed by atoms with Crippen LogP contribution in [-0.4, -0.2) is 59.2 Å². The minimum absolute atomic E-state index is 0.293. The van der Waals surface area contributed by atoms with E-state index in [9.17, 15) is 4.79 Å². The van der Waals surface area contributed by atoms with E-state index in [1.165, 1.54) is 6.08 Å². The molecule has 0 radical (unpaired) electrons. The summed E-state index contributed by atoms with van der Waals surface area (Å²) in [6.07, 6.45) is 3.93. The summed E-state index contributed by atoms with van der Waals surface area (Å²) < 4.78 is 6.18. The predicted octanol–water partition coefficient (Wildman–Crippen LogP) is 6.02. The first-order valence-corrected chi connectivity index (χ1v) is 13.3. The van der Waals surface area contributed by atoms with Crippen molar-refractivity contribution in [3.8, 4) is 5.75 Å². The molecule has 1 saturated heterocycles. The molecule has 1 aliphatic rings. The van der Waals surface area contributed by atoms with E-state index in [4.69, 9.17) is 27.9 Å². The van der Waals surface area contributed by atoms with Crippen LogP contribution in [0.25, 0.3) is 10.9 Å². The quantitative estimate of drug-likeness (QED) is 0.224. The monoisotopic (exact) mass is 565 g/mol. The van der Waals surface area contributed by atoms with Gasteiger partial charge >= 0.3 is 0 Å². The molecule has 5 rings (SSSR count). The largest absolute Gasteiger partial charge is 0.486 e. The normalized spacial score (nSPS) is 14.7. The zero-order chi connectivity index (χ0) is 27.5. The fourth-order valence-corrected chi connectivity index (χ4v) is 5.22. The highest BCUT2D eigenvalue weighted by molar-refractivity contribution is 6.35. The molecule has 39 heavy (non-hydrogen) atoms. The fraction of sp³-hybridized carbons (Fsp3) is 0.250. The third-order valence-corrected chi connectivity index (χ3v) is 7.31. The van der Waals surface area contributed by atoms with Crippen LogP contribution in [0.15, 0.2) is 61.4 Å². The highest BCUT2D eigenvalue weighted by atomic mass is 35.5. The Morgan fingerprint density at radius 1 is 1.10 bits per heavy atom. The summed E-state index contributed by atoms with van der Waals surface area (Å²) in [7, 11) is 2.12. The minimum Gasteiger partial charge on any atom is -0.486 e. The van der Waals surface area contributed by atoms with E-state index in [0.717, 1.165) is 42.8 Å². The van der Waals surface area contributed by atoms with Gasteiger partial charge in [-0.2, -0.15) is 5.10 Å². The number of ether oxygens (including phenoxy) is 1. The second-order valence-electron chi connectivity index (χ2n) is 9.40. The molecule has 0 unspecified atom stereocenters. The van der Waals surface area contributed by atoms with Crippen LogP contribution in [-0.2, 0) is 4.79 Å². The van der Waals surface area contributed by atoms with Gasteiger partial charge in [-0.15, -0.1) is 0 Å². The number of H-pyrrole nitrogens is 1. The third-order valence-electron chi connectivity index (χ3n) is 6.71. The first kappa shape index (κ1) is 26.8. The van der Waals surface area contributed by atoms with Gasteiger partial charge in [0, 0.05) is 55.2 Å². The SMILES string of the molecule is C=CC(=O)Nc1cc(N2CCN(C)CC2)ccc1Nc1n[nH]c2ccc(O[C@H](C)c3c(Cl)cncc3Cl)cc12. The van der Waals surface area contributed by atoms with Crippen molar-refractivity contribution >= 4 is 62.9 Å². The average Bonchev–Trinajstić information content (AvgIpc) is 3.31. The zero-order valence-electron chi connectivity index (χ0n) is 21.7. The van der Waals surface area contributed by atoms with Gasteiger partial charge in [0.1, 0.15) is 11.9 Å². The van der Waals surface area contributed by atoms with Crippen LogP contribution in [0.5, 0.6) is 5.75 Å². The number of likely N-dealkylation sites (N-methyl/N-ethyl adjacent to an activating group) is 1. The smallest absolute Gasteiger partial charge is 0.247 e. The van der Waals surface area contributed by atoms with Crippen molar-refractivity contribution in [1.82, 2.24) is 20.1 Å². The van der Waals surface area contributed by atoms with Gasteiger partial charge in [0.2, 0.25) is 5.91 Å². The number of benzene rings is 2. The van der Waals surface area contributed by atoms with Gasteiger partial charge < -0.3 is 25.2 Å². The highest BCUT2D eigenvalue weighted by Gasteiger charge is 2.19. The standard InChI is InChI=1S/C28H29Cl2N7O2/c1-4-26(38)32-25-13-18(37-11-9-36(3)10-12-37)5-7-24(25)33-28-20-14-19(6-8-23(20)34-35-28)39-17(2)27-21(29)15-31-16-22(27)30/h4-8,13-17H,1,9-12H2,2-3H3,(H,32,38)(H2,33,34,35)/t17-/m1/s1. The summed E-state index contributed by atoms with van der Waals surface area (Å²) >= 11 is 12.6. The number of carbonyl (C=O) groups is 1. The lowest BCUT2D eigenvalue weighted by Gasteiger charge is -2.34. The number of nitrogens with zero attached hydrogens (tertiary/aromatic N) is 4. The molecule has 0 bridgehead atoms. The molecule has 1 atom stereocenters. The van der Waals surface area contributed by atoms with Gasteiger partial charge in [0.05, 0.1) is 26.9 Å². The second kappa shape index (κ2) is 11.5. The number of fused-ring (bicyclic) bond motifs is 1. The zero-order valence-corrected chi connectivity index (χ0v) is 23.2. The number of anilines is 4. The molecule has 0 saturated carbocycles. The molecule has 3 heterocycles. The van der Waals surface area contributed by atoms with Crippen molar-refractivity contribution in [2.24, 2.45) is 0 Å². The molecule has 0 aliphatic carbocycles. The van der Waals surface area contributed by atoms with E-state index in [1.807, 2.05) is 43.3 Å². The molecule has 1 fully saturated rings. The van der Waals surface area contributed by atoms with Crippen molar-refractivity contribution < 1.29 is 9.53 Å². The molecule has 11 heteroatoms. The molecular formula is C28H29Cl2N7O2. The molecule has 9 nitrogen and oxygen atoms in total. The van der Waals surface area contributed by atoms with Crippen LogP contribution >= 0.6 is 23.2 Å². The number of hydrogen-bond donors (Lipinski definition) is 3. The first-order valence-electron chi connectivity index (χ1n) is 12.5. The third kappa shape index (κ3) is 5.95. The average molecular weight is 566 g/mol. The summed E-state index contributed by atoms with van der Waals surface area (Å²) in [6, 6.07) is 11.6. The van der Waals surface area contributed by atoms with Crippen molar-refractivity contribution in [2.75, 3.05) is 48.8 Å². The summed E-state index contributed by atoms with van der Waals surface area (Å²) in [5.41, 5.74) is 3.87. The van der Waals surface area contributed by atoms with Crippen LogP contribution in [0.4, 0.5) is 22.9 Å². The molecule has 2 aromatic heterocycles. The van der Waals surface area contributed by atoms with Gasteiger partial charge in [-0.05, 0) is 56.4 Å². The molecule has 1 amide bonds. The topological polar surface area (TPSA) is 98.4 Å². The van der Waals surface area contributed by atoms with Crippen molar-refractivity contribution in [3.63, 3.8) is 0 Å². The maximum absolute atomic E-state index is 12.3. The number of piperazine rings is 1. The van der Waals surface area contributed by atoms with Crippen molar-refractivity contribution in [3.05, 3.63) is 77.1 Å². The van der Waals surface area contributed by atoms with Crippen LogP contribution in [0, 0.1) is 0 Å². The van der Waals surface area contributed by atoms with Crippen LogP contribution in [0.1, 0.15) is 18.6 Å². The number of nitrogens with one attached hydrogen (secondary N) is 3. The predicted molar refractivity (Wildman–Crippen MR) is 158 cm³/mol. The van der Waals surface area contributed by atoms with E-state index in [-0.39, 0.29) is 5.91 Å². The molecule has 4 aromatic rings. The Labute approximate surface area is 236 Å². The lowest BCUT2D eigenvalue weighted by molar-refractivity contribution is -0.111. The Balaban J connectivity index is 1.42. The lowest BCUT2D eigenvalue weighted by atomic mass is 10.1. The van der Waals surface area contributed by atoms with Crippen LogP contribution in [0.3, 0.4) is 0 Å². The summed E-state index contributed by atoms with van der Waals surface area (Å²) in [4.78, 5) is 20.9. The van der Waals surface area contributed by atoms with E-state index < -0.39 is 6.10 Å². The molecule has 3 N–H and O–H groups in total. The molecule has 202 valence electrons. The molecule has 1 aliphatic heterocycles. The summed E-state index contributed by atoms with van der Waals surface area (Å²) in [6.45, 7) is 9.26. The number of carbonyl (C=O) groups excluding carboxylic acids is 1. The minimum atomic E-state index is -0.406.